The summed E-state index contributed by atoms with van der Waals surface area (Å²) in [6, 6.07) is 13.1. The van der Waals surface area contributed by atoms with Crippen LogP contribution in [-0.4, -0.2) is 47.7 Å². The van der Waals surface area contributed by atoms with Crippen LogP contribution in [0.3, 0.4) is 0 Å². The number of carbonyl (C=O) groups is 2. The summed E-state index contributed by atoms with van der Waals surface area (Å²) in [5, 5.41) is 10.5. The molecule has 0 bridgehead atoms. The van der Waals surface area contributed by atoms with Gasteiger partial charge in [0.15, 0.2) is 0 Å². The van der Waals surface area contributed by atoms with Gasteiger partial charge in [-0.05, 0) is 36.6 Å². The van der Waals surface area contributed by atoms with Gasteiger partial charge in [0, 0.05) is 18.4 Å². The molecule has 1 aromatic carbocycles. The maximum atomic E-state index is 12.3. The summed E-state index contributed by atoms with van der Waals surface area (Å²) in [5.74, 6) is 11.9. The number of hydrogen-bond donors (Lipinski definition) is 1. The van der Waals surface area contributed by atoms with Crippen molar-refractivity contribution in [2.45, 2.75) is 38.3 Å². The number of likely N-dealkylation sites (tertiary alicyclic amines) is 1. The number of amides is 1. The van der Waals surface area contributed by atoms with Crippen molar-refractivity contribution in [1.29, 1.82) is 0 Å². The van der Waals surface area contributed by atoms with Gasteiger partial charge in [-0.3, -0.25) is 4.79 Å². The molecule has 0 unspecified atom stereocenters. The zero-order valence-corrected chi connectivity index (χ0v) is 19.6. The second-order valence-electron chi connectivity index (χ2n) is 7.81. The van der Waals surface area contributed by atoms with E-state index in [-0.39, 0.29) is 23.8 Å². The zero-order chi connectivity index (χ0) is 23.6. The van der Waals surface area contributed by atoms with E-state index < -0.39 is 6.10 Å². The first-order valence-electron chi connectivity index (χ1n) is 10.8. The number of aliphatic hydroxyl groups excluding tert-OH is 1. The Hall–Kier alpha value is -3.32. The summed E-state index contributed by atoms with van der Waals surface area (Å²) in [4.78, 5) is 26.8. The number of aliphatic hydroxyl groups is 1. The Balaban J connectivity index is 1.54. The van der Waals surface area contributed by atoms with Crippen LogP contribution in [0.15, 0.2) is 54.6 Å². The van der Waals surface area contributed by atoms with Gasteiger partial charge in [0.2, 0.25) is 5.91 Å². The van der Waals surface area contributed by atoms with Crippen LogP contribution in [0.25, 0.3) is 0 Å². The largest absolute Gasteiger partial charge is 0.465 e. The molecule has 1 aliphatic rings. The van der Waals surface area contributed by atoms with E-state index in [1.54, 1.807) is 23.1 Å². The highest BCUT2D eigenvalue weighted by Gasteiger charge is 2.28. The Morgan fingerprint density at radius 1 is 1.24 bits per heavy atom. The van der Waals surface area contributed by atoms with Crippen LogP contribution in [0.4, 0.5) is 0 Å². The molecule has 0 radical (unpaired) electrons. The third-order valence-corrected chi connectivity index (χ3v) is 6.35. The van der Waals surface area contributed by atoms with Crippen molar-refractivity contribution in [2.24, 2.45) is 5.92 Å². The molecule has 6 heteroatoms. The van der Waals surface area contributed by atoms with Crippen LogP contribution in [0.5, 0.6) is 0 Å². The summed E-state index contributed by atoms with van der Waals surface area (Å²) in [5.41, 5.74) is 0.958. The van der Waals surface area contributed by atoms with Crippen molar-refractivity contribution in [3.8, 4) is 23.7 Å². The number of esters is 1. The molecule has 33 heavy (non-hydrogen) atoms. The Bertz CT molecular complexity index is 1110. The highest BCUT2D eigenvalue weighted by Crippen LogP contribution is 2.21. The molecular formula is C27H27NO4S. The molecule has 1 fully saturated rings. The second-order valence-corrected chi connectivity index (χ2v) is 8.89. The number of ether oxygens (including phenoxy) is 1. The van der Waals surface area contributed by atoms with Crippen molar-refractivity contribution < 1.29 is 19.4 Å². The van der Waals surface area contributed by atoms with Crippen molar-refractivity contribution in [3.05, 3.63) is 69.9 Å². The lowest BCUT2D eigenvalue weighted by Gasteiger charge is -2.20. The molecule has 3 atom stereocenters. The van der Waals surface area contributed by atoms with Crippen LogP contribution < -0.4 is 0 Å². The SMILES string of the molecule is COC(=O)c1ccc(C#CCN2C(=O)CC[C@@H]2/C=C/[C@@H](O)[C@@H](C)CC#Cc2ccccc2)s1. The van der Waals surface area contributed by atoms with E-state index in [0.717, 1.165) is 10.4 Å². The fraction of sp³-hybridized carbons (Fsp3) is 0.333. The van der Waals surface area contributed by atoms with E-state index in [1.165, 1.54) is 18.4 Å². The lowest BCUT2D eigenvalue weighted by molar-refractivity contribution is -0.127. The number of nitrogens with zero attached hydrogens (tertiary/aromatic N) is 1. The maximum absolute atomic E-state index is 12.3. The smallest absolute Gasteiger partial charge is 0.348 e. The van der Waals surface area contributed by atoms with Gasteiger partial charge in [0.1, 0.15) is 4.88 Å². The fourth-order valence-electron chi connectivity index (χ4n) is 3.38. The number of hydrogen-bond acceptors (Lipinski definition) is 5. The molecule has 2 aromatic rings. The first-order valence-corrected chi connectivity index (χ1v) is 11.7. The molecule has 1 aliphatic heterocycles. The summed E-state index contributed by atoms with van der Waals surface area (Å²) in [6.45, 7) is 2.26. The lowest BCUT2D eigenvalue weighted by atomic mass is 9.99. The average Bonchev–Trinajstić information content (AvgIpc) is 3.44. The molecule has 2 heterocycles. The van der Waals surface area contributed by atoms with E-state index in [9.17, 15) is 14.7 Å². The number of rotatable bonds is 6. The second kappa shape index (κ2) is 12.1. The Labute approximate surface area is 199 Å². The Morgan fingerprint density at radius 3 is 2.79 bits per heavy atom. The molecule has 1 saturated heterocycles. The van der Waals surface area contributed by atoms with Gasteiger partial charge in [-0.15, -0.1) is 11.3 Å². The highest BCUT2D eigenvalue weighted by atomic mass is 32.1. The van der Waals surface area contributed by atoms with Crippen LogP contribution in [0, 0.1) is 29.6 Å². The number of methoxy groups -OCH3 is 1. The van der Waals surface area contributed by atoms with Crippen molar-refractivity contribution in [3.63, 3.8) is 0 Å². The quantitative estimate of drug-likeness (QED) is 0.403. The van der Waals surface area contributed by atoms with E-state index in [0.29, 0.717) is 30.7 Å². The monoisotopic (exact) mass is 461 g/mol. The van der Waals surface area contributed by atoms with Gasteiger partial charge >= 0.3 is 5.97 Å². The topological polar surface area (TPSA) is 66.8 Å². The van der Waals surface area contributed by atoms with Crippen LogP contribution in [0.1, 0.15) is 46.3 Å². The summed E-state index contributed by atoms with van der Waals surface area (Å²) in [7, 11) is 1.34. The molecule has 3 rings (SSSR count). The minimum absolute atomic E-state index is 0.0226. The molecule has 5 nitrogen and oxygen atoms in total. The van der Waals surface area contributed by atoms with Gasteiger partial charge < -0.3 is 14.7 Å². The standard InChI is InChI=1S/C27H27NO4S/c1-20(8-6-11-21-9-4-3-5-10-21)24(29)16-13-22-14-18-26(30)28(22)19-7-12-23-15-17-25(33-23)27(31)32-2/h3-5,9-10,13,15-17,20,22,24,29H,8,14,18-19H2,1-2H3/b16-13+/t20-,22-,24+/m0/s1. The maximum Gasteiger partial charge on any atom is 0.348 e. The first kappa shape index (κ1) is 24.3. The summed E-state index contributed by atoms with van der Waals surface area (Å²) < 4.78 is 4.70. The molecule has 1 aromatic heterocycles. The predicted molar refractivity (Wildman–Crippen MR) is 130 cm³/mol. The zero-order valence-electron chi connectivity index (χ0n) is 18.8. The van der Waals surface area contributed by atoms with Gasteiger partial charge in [-0.1, -0.05) is 61.0 Å². The summed E-state index contributed by atoms with van der Waals surface area (Å²) >= 11 is 1.26. The normalized spacial score (nSPS) is 17.1. The Kier molecular flexibility index (Phi) is 8.89. The van der Waals surface area contributed by atoms with E-state index >= 15 is 0 Å². The van der Waals surface area contributed by atoms with Crippen LogP contribution in [-0.2, 0) is 9.53 Å². The van der Waals surface area contributed by atoms with Gasteiger partial charge in [-0.25, -0.2) is 4.79 Å². The van der Waals surface area contributed by atoms with Gasteiger partial charge in [0.05, 0.1) is 30.7 Å². The third kappa shape index (κ3) is 7.08. The van der Waals surface area contributed by atoms with Crippen LogP contribution >= 0.6 is 11.3 Å². The number of benzene rings is 1. The molecule has 0 aliphatic carbocycles. The lowest BCUT2D eigenvalue weighted by Crippen LogP contribution is -2.32. The average molecular weight is 462 g/mol. The van der Waals surface area contributed by atoms with Gasteiger partial charge in [-0.2, -0.15) is 0 Å². The Morgan fingerprint density at radius 2 is 2.03 bits per heavy atom. The molecule has 0 saturated carbocycles. The van der Waals surface area contributed by atoms with Crippen molar-refractivity contribution in [2.75, 3.05) is 13.7 Å². The highest BCUT2D eigenvalue weighted by molar-refractivity contribution is 7.14. The van der Waals surface area contributed by atoms with Crippen molar-refractivity contribution in [1.82, 2.24) is 4.90 Å². The van der Waals surface area contributed by atoms with E-state index in [4.69, 9.17) is 4.74 Å². The van der Waals surface area contributed by atoms with Crippen LogP contribution in [0.2, 0.25) is 0 Å². The molecule has 170 valence electrons. The number of carbonyl (C=O) groups excluding carboxylic acids is 2. The van der Waals surface area contributed by atoms with Crippen molar-refractivity contribution >= 4 is 23.2 Å². The molecular weight excluding hydrogens is 434 g/mol. The molecule has 1 amide bonds. The summed E-state index contributed by atoms with van der Waals surface area (Å²) in [6.07, 6.45) is 4.78. The number of thiophene rings is 1. The minimum Gasteiger partial charge on any atom is -0.465 e. The fourth-order valence-corrected chi connectivity index (χ4v) is 4.18. The molecule has 0 spiro atoms. The van der Waals surface area contributed by atoms with E-state index in [1.807, 2.05) is 43.3 Å². The predicted octanol–water partition coefficient (Wildman–Crippen LogP) is 3.87. The van der Waals surface area contributed by atoms with E-state index in [2.05, 4.69) is 23.7 Å². The third-order valence-electron chi connectivity index (χ3n) is 5.37. The minimum atomic E-state index is -0.637. The molecule has 1 N–H and O–H groups in total. The van der Waals surface area contributed by atoms with Gasteiger partial charge in [0.25, 0.3) is 0 Å². The first-order chi connectivity index (χ1) is 16.0.